The number of hydrogen-bond acceptors (Lipinski definition) is 5. The van der Waals surface area contributed by atoms with Crippen LogP contribution < -0.4 is 10.5 Å². The quantitative estimate of drug-likeness (QED) is 0.768. The number of primary amides is 1. The molecule has 0 saturated carbocycles. The number of piperidine rings is 1. The molecule has 142 valence electrons. The number of nitrogens with zero attached hydrogens (tertiary/aromatic N) is 1. The smallest absolute Gasteiger partial charge is 0.344 e. The molecule has 7 nitrogen and oxygen atoms in total. The molecule has 0 spiro atoms. The van der Waals surface area contributed by atoms with Crippen molar-refractivity contribution in [3.05, 3.63) is 28.8 Å². The van der Waals surface area contributed by atoms with E-state index in [1.54, 1.807) is 0 Å². The summed E-state index contributed by atoms with van der Waals surface area (Å²) in [5, 5.41) is 0. The number of esters is 1. The van der Waals surface area contributed by atoms with Gasteiger partial charge in [-0.05, 0) is 44.7 Å². The van der Waals surface area contributed by atoms with Gasteiger partial charge < -0.3 is 20.1 Å². The van der Waals surface area contributed by atoms with E-state index >= 15 is 0 Å². The van der Waals surface area contributed by atoms with Crippen molar-refractivity contribution in [1.82, 2.24) is 4.90 Å². The molecule has 1 atom stereocenters. The topological polar surface area (TPSA) is 98.9 Å². The molecule has 1 fully saturated rings. The molecule has 2 rings (SSSR count). The molecule has 7 heteroatoms. The van der Waals surface area contributed by atoms with Gasteiger partial charge in [-0.25, -0.2) is 4.79 Å². The minimum Gasteiger partial charge on any atom is -0.481 e. The number of rotatable bonds is 6. The second-order valence-corrected chi connectivity index (χ2v) is 6.76. The first-order chi connectivity index (χ1) is 12.3. The third-order valence-corrected chi connectivity index (χ3v) is 4.47. The Morgan fingerprint density at radius 1 is 1.15 bits per heavy atom. The lowest BCUT2D eigenvalue weighted by molar-refractivity contribution is -0.154. The third-order valence-electron chi connectivity index (χ3n) is 4.47. The first kappa shape index (κ1) is 19.8. The predicted octanol–water partition coefficient (Wildman–Crippen LogP) is 1.26. The molecule has 1 heterocycles. The van der Waals surface area contributed by atoms with Gasteiger partial charge in [0.25, 0.3) is 5.91 Å². The number of nitrogens with two attached hydrogens (primary N) is 1. The highest BCUT2D eigenvalue weighted by Gasteiger charge is 2.27. The normalized spacial score (nSPS) is 16.9. The van der Waals surface area contributed by atoms with E-state index < -0.39 is 11.9 Å². The predicted molar refractivity (Wildman–Crippen MR) is 95.6 cm³/mol. The highest BCUT2D eigenvalue weighted by atomic mass is 16.6. The van der Waals surface area contributed by atoms with E-state index in [0.717, 1.165) is 16.7 Å². The second kappa shape index (κ2) is 8.69. The van der Waals surface area contributed by atoms with Gasteiger partial charge in [-0.2, -0.15) is 0 Å². The van der Waals surface area contributed by atoms with Crippen LogP contribution in [0, 0.1) is 26.7 Å². The number of amides is 2. The van der Waals surface area contributed by atoms with E-state index in [9.17, 15) is 14.4 Å². The fraction of sp³-hybridized carbons (Fsp3) is 0.526. The first-order valence-corrected chi connectivity index (χ1v) is 8.71. The molecule has 1 aromatic rings. The minimum absolute atomic E-state index is 0.262. The van der Waals surface area contributed by atoms with Gasteiger partial charge in [0.05, 0.1) is 5.92 Å². The van der Waals surface area contributed by atoms with Crippen molar-refractivity contribution in [3.8, 4) is 5.75 Å². The fourth-order valence-electron chi connectivity index (χ4n) is 3.24. The monoisotopic (exact) mass is 362 g/mol. The summed E-state index contributed by atoms with van der Waals surface area (Å²) in [7, 11) is 0. The standard InChI is InChI=1S/C19H26N2O5/c1-12-7-13(2)18(14(3)8-12)26-11-17(23)25-10-16(22)21-6-4-5-15(9-21)19(20)24/h7-8,15H,4-6,9-11H2,1-3H3,(H2,20,24)/t15-/m0/s1. The van der Waals surface area contributed by atoms with Crippen LogP contribution in [0.3, 0.4) is 0 Å². The van der Waals surface area contributed by atoms with Crippen molar-refractivity contribution in [1.29, 1.82) is 0 Å². The highest BCUT2D eigenvalue weighted by molar-refractivity contribution is 5.82. The van der Waals surface area contributed by atoms with Crippen LogP contribution in [0.25, 0.3) is 0 Å². The molecule has 1 aliphatic rings. The van der Waals surface area contributed by atoms with E-state index in [1.807, 2.05) is 32.9 Å². The Morgan fingerprint density at radius 3 is 2.42 bits per heavy atom. The second-order valence-electron chi connectivity index (χ2n) is 6.76. The zero-order valence-electron chi connectivity index (χ0n) is 15.5. The Kier molecular flexibility index (Phi) is 6.60. The van der Waals surface area contributed by atoms with Gasteiger partial charge in [0.1, 0.15) is 5.75 Å². The van der Waals surface area contributed by atoms with Crippen LogP contribution in [-0.4, -0.2) is 49.0 Å². The first-order valence-electron chi connectivity index (χ1n) is 8.71. The van der Waals surface area contributed by atoms with E-state index in [1.165, 1.54) is 4.90 Å². The molecule has 0 aliphatic carbocycles. The highest BCUT2D eigenvalue weighted by Crippen LogP contribution is 2.24. The van der Waals surface area contributed by atoms with Gasteiger partial charge in [-0.3, -0.25) is 9.59 Å². The van der Waals surface area contributed by atoms with E-state index in [0.29, 0.717) is 25.1 Å². The Morgan fingerprint density at radius 2 is 1.81 bits per heavy atom. The Balaban J connectivity index is 1.80. The SMILES string of the molecule is Cc1cc(C)c(OCC(=O)OCC(=O)N2CCC[C@H](C(N)=O)C2)c(C)c1. The van der Waals surface area contributed by atoms with Crippen molar-refractivity contribution in [2.75, 3.05) is 26.3 Å². The Labute approximate surface area is 153 Å². The number of aryl methyl sites for hydroxylation is 3. The minimum atomic E-state index is -0.610. The summed E-state index contributed by atoms with van der Waals surface area (Å²) in [6.07, 6.45) is 1.39. The van der Waals surface area contributed by atoms with E-state index in [2.05, 4.69) is 0 Å². The van der Waals surface area contributed by atoms with Gasteiger partial charge in [-0.15, -0.1) is 0 Å². The van der Waals surface area contributed by atoms with Crippen LogP contribution in [0.2, 0.25) is 0 Å². The maximum Gasteiger partial charge on any atom is 0.344 e. The van der Waals surface area contributed by atoms with Crippen LogP contribution in [0.15, 0.2) is 12.1 Å². The lowest BCUT2D eigenvalue weighted by atomic mass is 9.97. The van der Waals surface area contributed by atoms with Gasteiger partial charge in [0.2, 0.25) is 5.91 Å². The van der Waals surface area contributed by atoms with Crippen LogP contribution in [0.5, 0.6) is 5.75 Å². The number of likely N-dealkylation sites (tertiary alicyclic amines) is 1. The Hall–Kier alpha value is -2.57. The summed E-state index contributed by atoms with van der Waals surface area (Å²) in [5.74, 6) is -1.02. The van der Waals surface area contributed by atoms with Crippen LogP contribution >= 0.6 is 0 Å². The number of ether oxygens (including phenoxy) is 2. The summed E-state index contributed by atoms with van der Waals surface area (Å²) in [6.45, 7) is 6.02. The van der Waals surface area contributed by atoms with Gasteiger partial charge in [-0.1, -0.05) is 17.7 Å². The third kappa shape index (κ3) is 5.21. The Bertz CT molecular complexity index is 678. The largest absolute Gasteiger partial charge is 0.481 e. The van der Waals surface area contributed by atoms with Gasteiger partial charge >= 0.3 is 5.97 Å². The summed E-state index contributed by atoms with van der Waals surface area (Å²) >= 11 is 0. The van der Waals surface area contributed by atoms with Crippen molar-refractivity contribution >= 4 is 17.8 Å². The molecule has 0 bridgehead atoms. The molecule has 0 unspecified atom stereocenters. The van der Waals surface area contributed by atoms with Crippen molar-refractivity contribution < 1.29 is 23.9 Å². The molecule has 0 aromatic heterocycles. The fourth-order valence-corrected chi connectivity index (χ4v) is 3.24. The molecule has 1 saturated heterocycles. The summed E-state index contributed by atoms with van der Waals surface area (Å²) in [4.78, 5) is 36.8. The molecule has 1 aromatic carbocycles. The van der Waals surface area contributed by atoms with E-state index in [4.69, 9.17) is 15.2 Å². The van der Waals surface area contributed by atoms with Gasteiger partial charge in [0.15, 0.2) is 13.2 Å². The average Bonchev–Trinajstić information content (AvgIpc) is 2.58. The molecule has 26 heavy (non-hydrogen) atoms. The lowest BCUT2D eigenvalue weighted by Crippen LogP contribution is -2.45. The van der Waals surface area contributed by atoms with Crippen molar-refractivity contribution in [2.24, 2.45) is 11.7 Å². The zero-order valence-corrected chi connectivity index (χ0v) is 15.5. The number of carbonyl (C=O) groups is 3. The van der Waals surface area contributed by atoms with Crippen LogP contribution in [0.1, 0.15) is 29.5 Å². The zero-order chi connectivity index (χ0) is 19.3. The summed E-state index contributed by atoms with van der Waals surface area (Å²) in [5.41, 5.74) is 8.31. The maximum atomic E-state index is 12.1. The molecule has 2 amide bonds. The average molecular weight is 362 g/mol. The summed E-state index contributed by atoms with van der Waals surface area (Å²) < 4.78 is 10.6. The molecular weight excluding hydrogens is 336 g/mol. The molecule has 1 aliphatic heterocycles. The number of hydrogen-bond donors (Lipinski definition) is 1. The molecule has 2 N–H and O–H groups in total. The maximum absolute atomic E-state index is 12.1. The van der Waals surface area contributed by atoms with Crippen molar-refractivity contribution in [3.63, 3.8) is 0 Å². The van der Waals surface area contributed by atoms with Crippen LogP contribution in [0.4, 0.5) is 0 Å². The lowest BCUT2D eigenvalue weighted by Gasteiger charge is -2.31. The van der Waals surface area contributed by atoms with Gasteiger partial charge in [0, 0.05) is 13.1 Å². The number of carbonyl (C=O) groups excluding carboxylic acids is 3. The van der Waals surface area contributed by atoms with Crippen LogP contribution in [-0.2, 0) is 19.1 Å². The molecular formula is C19H26N2O5. The van der Waals surface area contributed by atoms with Crippen molar-refractivity contribution in [2.45, 2.75) is 33.6 Å². The van der Waals surface area contributed by atoms with E-state index in [-0.39, 0.29) is 31.6 Å². The summed E-state index contributed by atoms with van der Waals surface area (Å²) in [6, 6.07) is 3.95. The molecule has 0 radical (unpaired) electrons. The number of benzene rings is 1.